The number of ketones is 2. The third-order valence-corrected chi connectivity index (χ3v) is 6.03. The lowest BCUT2D eigenvalue weighted by molar-refractivity contribution is -0.139. The van der Waals surface area contributed by atoms with Crippen molar-refractivity contribution in [3.05, 3.63) is 0 Å². The molecule has 3 heteroatoms. The van der Waals surface area contributed by atoms with E-state index in [9.17, 15) is 14.0 Å². The van der Waals surface area contributed by atoms with Crippen LogP contribution < -0.4 is 0 Å². The molecular weight excluding hydrogens is 279 g/mol. The van der Waals surface area contributed by atoms with Gasteiger partial charge >= 0.3 is 0 Å². The van der Waals surface area contributed by atoms with Crippen LogP contribution in [0, 0.1) is 16.7 Å². The molecule has 0 atom stereocenters. The molecule has 2 rings (SSSR count). The first-order chi connectivity index (χ1) is 10.0. The van der Waals surface area contributed by atoms with E-state index in [1.54, 1.807) is 0 Å². The van der Waals surface area contributed by atoms with Crippen LogP contribution >= 0.6 is 0 Å². The molecule has 0 N–H and O–H groups in total. The molecule has 0 radical (unpaired) electrons. The number of rotatable bonds is 4. The lowest BCUT2D eigenvalue weighted by Crippen LogP contribution is -2.41. The van der Waals surface area contributed by atoms with Crippen molar-refractivity contribution < 1.29 is 14.0 Å². The highest BCUT2D eigenvalue weighted by Crippen LogP contribution is 2.44. The fourth-order valence-corrected chi connectivity index (χ4v) is 3.78. The van der Waals surface area contributed by atoms with Crippen molar-refractivity contribution in [2.75, 3.05) is 0 Å². The SMILES string of the molecule is CC1(C)CCC(C(=O)CC(=O)C2(F)CCC(C)(C)CC2)CC1. The molecule has 2 aliphatic carbocycles. The van der Waals surface area contributed by atoms with Gasteiger partial charge in [0.1, 0.15) is 5.78 Å². The molecular formula is C19H31FO2. The van der Waals surface area contributed by atoms with Crippen LogP contribution in [-0.4, -0.2) is 17.2 Å². The highest BCUT2D eigenvalue weighted by Gasteiger charge is 2.45. The van der Waals surface area contributed by atoms with Gasteiger partial charge in [-0.3, -0.25) is 9.59 Å². The van der Waals surface area contributed by atoms with E-state index in [-0.39, 0.29) is 36.4 Å². The van der Waals surface area contributed by atoms with E-state index < -0.39 is 11.5 Å². The number of Topliss-reactive ketones (excluding diaryl/α,β-unsaturated/α-hetero) is 2. The van der Waals surface area contributed by atoms with Gasteiger partial charge in [-0.25, -0.2) is 4.39 Å². The number of halogens is 1. The molecule has 0 aromatic rings. The van der Waals surface area contributed by atoms with Crippen molar-refractivity contribution in [3.8, 4) is 0 Å². The number of alkyl halides is 1. The number of hydrogen-bond acceptors (Lipinski definition) is 2. The molecule has 0 aromatic carbocycles. The maximum atomic E-state index is 14.9. The smallest absolute Gasteiger partial charge is 0.177 e. The van der Waals surface area contributed by atoms with Crippen LogP contribution in [0.1, 0.15) is 85.5 Å². The van der Waals surface area contributed by atoms with E-state index in [1.807, 2.05) is 0 Å². The third-order valence-electron chi connectivity index (χ3n) is 6.03. The van der Waals surface area contributed by atoms with E-state index in [2.05, 4.69) is 27.7 Å². The first kappa shape index (κ1) is 17.6. The Kier molecular flexibility index (Phi) is 4.85. The highest BCUT2D eigenvalue weighted by molar-refractivity contribution is 6.03. The molecule has 22 heavy (non-hydrogen) atoms. The second-order valence-corrected chi connectivity index (χ2v) is 9.13. The molecule has 2 aliphatic rings. The van der Waals surface area contributed by atoms with Crippen LogP contribution in [0.25, 0.3) is 0 Å². The number of carbonyl (C=O) groups excluding carboxylic acids is 2. The zero-order valence-electron chi connectivity index (χ0n) is 14.6. The zero-order chi connectivity index (χ0) is 16.6. The van der Waals surface area contributed by atoms with Crippen LogP contribution in [-0.2, 0) is 9.59 Å². The molecule has 0 unspecified atom stereocenters. The van der Waals surface area contributed by atoms with Crippen LogP contribution in [0.4, 0.5) is 4.39 Å². The standard InChI is InChI=1S/C19H31FO2/c1-17(2)7-5-14(6-8-17)15(21)13-16(22)19(20)11-9-18(3,4)10-12-19/h14H,5-13H2,1-4H3. The summed E-state index contributed by atoms with van der Waals surface area (Å²) in [7, 11) is 0. The van der Waals surface area contributed by atoms with Crippen LogP contribution in [0.2, 0.25) is 0 Å². The lowest BCUT2D eigenvalue weighted by Gasteiger charge is -2.38. The Hall–Kier alpha value is -0.730. The quantitative estimate of drug-likeness (QED) is 0.682. The summed E-state index contributed by atoms with van der Waals surface area (Å²) in [5.74, 6) is -0.513. The van der Waals surface area contributed by atoms with Crippen molar-refractivity contribution in [2.45, 2.75) is 91.2 Å². The largest absolute Gasteiger partial charge is 0.299 e. The Morgan fingerprint density at radius 1 is 0.864 bits per heavy atom. The van der Waals surface area contributed by atoms with Gasteiger partial charge in [0.25, 0.3) is 0 Å². The summed E-state index contributed by atoms with van der Waals surface area (Å²) in [6.45, 7) is 8.68. The van der Waals surface area contributed by atoms with Crippen molar-refractivity contribution in [1.82, 2.24) is 0 Å². The fourth-order valence-electron chi connectivity index (χ4n) is 3.78. The van der Waals surface area contributed by atoms with Gasteiger partial charge in [0.2, 0.25) is 0 Å². The average Bonchev–Trinajstić information content (AvgIpc) is 2.42. The van der Waals surface area contributed by atoms with Crippen LogP contribution in [0.5, 0.6) is 0 Å². The first-order valence-corrected chi connectivity index (χ1v) is 8.78. The Balaban J connectivity index is 1.88. The maximum absolute atomic E-state index is 14.9. The number of carbonyl (C=O) groups is 2. The normalized spacial score (nSPS) is 27.3. The summed E-state index contributed by atoms with van der Waals surface area (Å²) in [4.78, 5) is 24.7. The molecule has 2 saturated carbocycles. The summed E-state index contributed by atoms with van der Waals surface area (Å²) in [5.41, 5.74) is -1.33. The van der Waals surface area contributed by atoms with Crippen molar-refractivity contribution in [3.63, 3.8) is 0 Å². The van der Waals surface area contributed by atoms with Crippen molar-refractivity contribution >= 4 is 11.6 Å². The Bertz CT molecular complexity index is 430. The van der Waals surface area contributed by atoms with Crippen LogP contribution in [0.3, 0.4) is 0 Å². The Morgan fingerprint density at radius 2 is 1.32 bits per heavy atom. The van der Waals surface area contributed by atoms with Gasteiger partial charge in [-0.15, -0.1) is 0 Å². The lowest BCUT2D eigenvalue weighted by atomic mass is 9.68. The van der Waals surface area contributed by atoms with E-state index in [1.165, 1.54) is 0 Å². The molecule has 126 valence electrons. The van der Waals surface area contributed by atoms with E-state index >= 15 is 0 Å². The summed E-state index contributed by atoms with van der Waals surface area (Å²) in [6, 6.07) is 0. The predicted molar refractivity (Wildman–Crippen MR) is 86.5 cm³/mol. The zero-order valence-corrected chi connectivity index (χ0v) is 14.6. The van der Waals surface area contributed by atoms with Gasteiger partial charge in [0.15, 0.2) is 11.5 Å². The van der Waals surface area contributed by atoms with Gasteiger partial charge in [0, 0.05) is 5.92 Å². The number of hydrogen-bond donors (Lipinski definition) is 0. The second-order valence-electron chi connectivity index (χ2n) is 9.13. The minimum absolute atomic E-state index is 0.0256. The minimum atomic E-state index is -1.75. The predicted octanol–water partition coefficient (Wildman–Crippen LogP) is 5.04. The van der Waals surface area contributed by atoms with Gasteiger partial charge < -0.3 is 0 Å². The molecule has 0 bridgehead atoms. The molecule has 0 aromatic heterocycles. The van der Waals surface area contributed by atoms with E-state index in [0.29, 0.717) is 5.41 Å². The summed E-state index contributed by atoms with van der Waals surface area (Å²) < 4.78 is 14.9. The molecule has 0 amide bonds. The van der Waals surface area contributed by atoms with E-state index in [4.69, 9.17) is 0 Å². The molecule has 0 aliphatic heterocycles. The molecule has 0 spiro atoms. The molecule has 2 nitrogen and oxygen atoms in total. The first-order valence-electron chi connectivity index (χ1n) is 8.78. The molecule has 2 fully saturated rings. The highest BCUT2D eigenvalue weighted by atomic mass is 19.1. The minimum Gasteiger partial charge on any atom is -0.299 e. The van der Waals surface area contributed by atoms with Crippen molar-refractivity contribution in [2.24, 2.45) is 16.7 Å². The average molecular weight is 310 g/mol. The summed E-state index contributed by atoms with van der Waals surface area (Å²) >= 11 is 0. The summed E-state index contributed by atoms with van der Waals surface area (Å²) in [5, 5.41) is 0. The van der Waals surface area contributed by atoms with Gasteiger partial charge in [-0.1, -0.05) is 27.7 Å². The second kappa shape index (κ2) is 6.05. The summed E-state index contributed by atoms with van der Waals surface area (Å²) in [6.07, 6.45) is 5.56. The molecule has 0 saturated heterocycles. The van der Waals surface area contributed by atoms with Gasteiger partial charge in [-0.2, -0.15) is 0 Å². The van der Waals surface area contributed by atoms with Crippen LogP contribution in [0.15, 0.2) is 0 Å². The van der Waals surface area contributed by atoms with Crippen molar-refractivity contribution in [1.29, 1.82) is 0 Å². The van der Waals surface area contributed by atoms with Gasteiger partial charge in [0.05, 0.1) is 6.42 Å². The third kappa shape index (κ3) is 4.17. The molecule has 0 heterocycles. The monoisotopic (exact) mass is 310 g/mol. The van der Waals surface area contributed by atoms with Gasteiger partial charge in [-0.05, 0) is 62.2 Å². The Morgan fingerprint density at radius 3 is 1.82 bits per heavy atom. The topological polar surface area (TPSA) is 34.1 Å². The van der Waals surface area contributed by atoms with E-state index in [0.717, 1.165) is 38.5 Å². The maximum Gasteiger partial charge on any atom is 0.177 e. The Labute approximate surface area is 134 Å². The fraction of sp³-hybridized carbons (Fsp3) is 0.895.